The third kappa shape index (κ3) is 2.14. The summed E-state index contributed by atoms with van der Waals surface area (Å²) in [6, 6.07) is 22.2. The first-order chi connectivity index (χ1) is 10.3. The fourth-order valence-corrected chi connectivity index (χ4v) is 2.74. The molecule has 0 fully saturated rings. The number of nitrogens with zero attached hydrogens (tertiary/aromatic N) is 2. The average Bonchev–Trinajstić information content (AvgIpc) is 2.54. The molecule has 21 heavy (non-hydrogen) atoms. The van der Waals surface area contributed by atoms with Crippen molar-refractivity contribution in [1.29, 1.82) is 0 Å². The molecule has 0 unspecified atom stereocenters. The second-order valence-electron chi connectivity index (χ2n) is 4.92. The first kappa shape index (κ1) is 12.3. The molecule has 0 atom stereocenters. The van der Waals surface area contributed by atoms with Gasteiger partial charge in [0.15, 0.2) is 5.82 Å². The fraction of sp³-hybridized carbons (Fsp3) is 0. The van der Waals surface area contributed by atoms with Crippen LogP contribution in [0.2, 0.25) is 5.15 Å². The Morgan fingerprint density at radius 3 is 2.38 bits per heavy atom. The van der Waals surface area contributed by atoms with Crippen molar-refractivity contribution in [3.05, 3.63) is 71.9 Å². The van der Waals surface area contributed by atoms with Gasteiger partial charge in [0.05, 0.1) is 5.52 Å². The molecular formula is C18H11ClN2. The van der Waals surface area contributed by atoms with Gasteiger partial charge in [-0.25, -0.2) is 9.97 Å². The first-order valence-corrected chi connectivity index (χ1v) is 7.10. The molecule has 0 aliphatic rings. The Morgan fingerprint density at radius 2 is 1.48 bits per heavy atom. The van der Waals surface area contributed by atoms with Crippen LogP contribution in [0.4, 0.5) is 0 Å². The molecular weight excluding hydrogens is 280 g/mol. The Labute approximate surface area is 127 Å². The number of rotatable bonds is 1. The maximum absolute atomic E-state index is 6.28. The Hall–Kier alpha value is -2.45. The predicted molar refractivity (Wildman–Crippen MR) is 87.5 cm³/mol. The topological polar surface area (TPSA) is 25.8 Å². The van der Waals surface area contributed by atoms with E-state index in [1.165, 1.54) is 10.8 Å². The second kappa shape index (κ2) is 4.83. The molecule has 0 saturated carbocycles. The molecule has 4 rings (SSSR count). The molecule has 100 valence electrons. The van der Waals surface area contributed by atoms with Crippen LogP contribution in [0.5, 0.6) is 0 Å². The van der Waals surface area contributed by atoms with Crippen molar-refractivity contribution in [1.82, 2.24) is 9.97 Å². The van der Waals surface area contributed by atoms with Gasteiger partial charge in [0.25, 0.3) is 0 Å². The van der Waals surface area contributed by atoms with E-state index >= 15 is 0 Å². The summed E-state index contributed by atoms with van der Waals surface area (Å²) in [4.78, 5) is 9.05. The van der Waals surface area contributed by atoms with Crippen LogP contribution in [0.1, 0.15) is 0 Å². The summed E-state index contributed by atoms with van der Waals surface area (Å²) in [5, 5.41) is 3.74. The lowest BCUT2D eigenvalue weighted by molar-refractivity contribution is 1.23. The minimum Gasteiger partial charge on any atom is -0.228 e. The van der Waals surface area contributed by atoms with Crippen molar-refractivity contribution < 1.29 is 0 Å². The zero-order chi connectivity index (χ0) is 14.2. The Bertz CT molecular complexity index is 963. The fourth-order valence-electron chi connectivity index (χ4n) is 2.50. The highest BCUT2D eigenvalue weighted by atomic mass is 35.5. The lowest BCUT2D eigenvalue weighted by Crippen LogP contribution is -1.91. The van der Waals surface area contributed by atoms with Gasteiger partial charge in [0.2, 0.25) is 0 Å². The van der Waals surface area contributed by atoms with Crippen molar-refractivity contribution in [3.8, 4) is 11.4 Å². The lowest BCUT2D eigenvalue weighted by atomic mass is 10.1. The largest absolute Gasteiger partial charge is 0.228 e. The molecule has 0 spiro atoms. The van der Waals surface area contributed by atoms with E-state index < -0.39 is 0 Å². The Kier molecular flexibility index (Phi) is 2.83. The molecule has 1 aromatic heterocycles. The van der Waals surface area contributed by atoms with Crippen molar-refractivity contribution >= 4 is 33.3 Å². The number of benzene rings is 3. The standard InChI is InChI=1S/C18H11ClN2/c19-17-15-7-3-4-8-16(15)20-18(21-17)14-10-9-12-5-1-2-6-13(12)11-14/h1-11H. The summed E-state index contributed by atoms with van der Waals surface area (Å²) in [7, 11) is 0. The molecule has 3 heteroatoms. The summed E-state index contributed by atoms with van der Waals surface area (Å²) in [5.41, 5.74) is 1.84. The van der Waals surface area contributed by atoms with Crippen LogP contribution < -0.4 is 0 Å². The zero-order valence-electron chi connectivity index (χ0n) is 11.1. The van der Waals surface area contributed by atoms with Crippen molar-refractivity contribution in [2.24, 2.45) is 0 Å². The van der Waals surface area contributed by atoms with Gasteiger partial charge in [0.1, 0.15) is 5.15 Å². The van der Waals surface area contributed by atoms with Gasteiger partial charge in [-0.2, -0.15) is 0 Å². The van der Waals surface area contributed by atoms with Crippen molar-refractivity contribution in [2.45, 2.75) is 0 Å². The normalized spacial score (nSPS) is 11.1. The van der Waals surface area contributed by atoms with Gasteiger partial charge < -0.3 is 0 Å². The van der Waals surface area contributed by atoms with Gasteiger partial charge >= 0.3 is 0 Å². The highest BCUT2D eigenvalue weighted by Gasteiger charge is 2.08. The number of hydrogen-bond acceptors (Lipinski definition) is 2. The highest BCUT2D eigenvalue weighted by molar-refractivity contribution is 6.34. The van der Waals surface area contributed by atoms with E-state index in [0.717, 1.165) is 16.5 Å². The predicted octanol–water partition coefficient (Wildman–Crippen LogP) is 5.10. The zero-order valence-corrected chi connectivity index (χ0v) is 11.9. The quantitative estimate of drug-likeness (QED) is 0.456. The van der Waals surface area contributed by atoms with Gasteiger partial charge in [-0.3, -0.25) is 0 Å². The molecule has 0 N–H and O–H groups in total. The monoisotopic (exact) mass is 290 g/mol. The van der Waals surface area contributed by atoms with E-state index in [1.54, 1.807) is 0 Å². The average molecular weight is 291 g/mol. The summed E-state index contributed by atoms with van der Waals surface area (Å²) in [6.07, 6.45) is 0. The minimum atomic E-state index is 0.490. The van der Waals surface area contributed by atoms with E-state index in [9.17, 15) is 0 Å². The smallest absolute Gasteiger partial charge is 0.161 e. The maximum atomic E-state index is 6.28. The van der Waals surface area contributed by atoms with E-state index in [1.807, 2.05) is 42.5 Å². The first-order valence-electron chi connectivity index (χ1n) is 6.73. The van der Waals surface area contributed by atoms with Gasteiger partial charge in [-0.15, -0.1) is 0 Å². The lowest BCUT2D eigenvalue weighted by Gasteiger charge is -2.06. The minimum absolute atomic E-state index is 0.490. The molecule has 4 aromatic rings. The van der Waals surface area contributed by atoms with E-state index in [-0.39, 0.29) is 0 Å². The number of hydrogen-bond donors (Lipinski definition) is 0. The highest BCUT2D eigenvalue weighted by Crippen LogP contribution is 2.26. The van der Waals surface area contributed by atoms with E-state index in [0.29, 0.717) is 11.0 Å². The van der Waals surface area contributed by atoms with Crippen molar-refractivity contribution in [2.75, 3.05) is 0 Å². The molecule has 0 aliphatic carbocycles. The molecule has 0 amide bonds. The van der Waals surface area contributed by atoms with Gasteiger partial charge in [-0.1, -0.05) is 60.1 Å². The second-order valence-corrected chi connectivity index (χ2v) is 5.28. The van der Waals surface area contributed by atoms with Crippen LogP contribution in [0, 0.1) is 0 Å². The van der Waals surface area contributed by atoms with Gasteiger partial charge in [0, 0.05) is 10.9 Å². The van der Waals surface area contributed by atoms with Crippen LogP contribution in [0.25, 0.3) is 33.1 Å². The Morgan fingerprint density at radius 1 is 0.714 bits per heavy atom. The summed E-state index contributed by atoms with van der Waals surface area (Å²) in [5.74, 6) is 0.657. The van der Waals surface area contributed by atoms with Crippen LogP contribution in [-0.4, -0.2) is 9.97 Å². The molecule has 0 bridgehead atoms. The molecule has 1 heterocycles. The number of para-hydroxylation sites is 1. The van der Waals surface area contributed by atoms with Crippen LogP contribution >= 0.6 is 11.6 Å². The number of fused-ring (bicyclic) bond motifs is 2. The molecule has 2 nitrogen and oxygen atoms in total. The third-order valence-corrected chi connectivity index (χ3v) is 3.85. The third-order valence-electron chi connectivity index (χ3n) is 3.56. The molecule has 0 radical (unpaired) electrons. The Balaban J connectivity index is 1.95. The van der Waals surface area contributed by atoms with Crippen molar-refractivity contribution in [3.63, 3.8) is 0 Å². The van der Waals surface area contributed by atoms with Crippen LogP contribution in [-0.2, 0) is 0 Å². The number of aromatic nitrogens is 2. The van der Waals surface area contributed by atoms with Crippen LogP contribution in [0.15, 0.2) is 66.7 Å². The van der Waals surface area contributed by atoms with E-state index in [2.05, 4.69) is 34.2 Å². The number of halogens is 1. The van der Waals surface area contributed by atoms with Crippen LogP contribution in [0.3, 0.4) is 0 Å². The summed E-state index contributed by atoms with van der Waals surface area (Å²) in [6.45, 7) is 0. The summed E-state index contributed by atoms with van der Waals surface area (Å²) >= 11 is 6.28. The van der Waals surface area contributed by atoms with Gasteiger partial charge in [-0.05, 0) is 29.0 Å². The molecule has 0 saturated heterocycles. The SMILES string of the molecule is Clc1nc(-c2ccc3ccccc3c2)nc2ccccc12. The molecule has 0 aliphatic heterocycles. The molecule has 3 aromatic carbocycles. The maximum Gasteiger partial charge on any atom is 0.161 e. The van der Waals surface area contributed by atoms with E-state index in [4.69, 9.17) is 11.6 Å². The summed E-state index contributed by atoms with van der Waals surface area (Å²) < 4.78 is 0.